The van der Waals surface area contributed by atoms with Gasteiger partial charge in [-0.1, -0.05) is 25.1 Å². The van der Waals surface area contributed by atoms with E-state index in [2.05, 4.69) is 26.8 Å². The van der Waals surface area contributed by atoms with Crippen molar-refractivity contribution in [3.05, 3.63) is 89.9 Å². The maximum Gasteiger partial charge on any atom is 0.418 e. The van der Waals surface area contributed by atoms with Crippen molar-refractivity contribution in [3.63, 3.8) is 0 Å². The Morgan fingerprint density at radius 2 is 1.67 bits per heavy atom. The fraction of sp³-hybridized carbons (Fsp3) is 0.250. The van der Waals surface area contributed by atoms with Crippen LogP contribution in [0.2, 0.25) is 0 Å². The first-order valence-electron chi connectivity index (χ1n) is 12.0. The molecule has 0 fully saturated rings. The van der Waals surface area contributed by atoms with Crippen molar-refractivity contribution in [1.29, 1.82) is 0 Å². The maximum atomic E-state index is 13.6. The number of halogens is 6. The molecule has 0 aliphatic heterocycles. The largest absolute Gasteiger partial charge is 0.418 e. The molecule has 0 bridgehead atoms. The quantitative estimate of drug-likeness (QED) is 0.180. The number of likely N-dealkylation sites (N-methyl/N-ethyl adjacent to an activating group) is 1. The second-order valence-corrected chi connectivity index (χ2v) is 9.08. The summed E-state index contributed by atoms with van der Waals surface area (Å²) >= 11 is 0. The Kier molecular flexibility index (Phi) is 7.91. The van der Waals surface area contributed by atoms with Gasteiger partial charge in [0.1, 0.15) is 11.6 Å². The van der Waals surface area contributed by atoms with Gasteiger partial charge in [-0.05, 0) is 62.0 Å². The summed E-state index contributed by atoms with van der Waals surface area (Å²) in [5, 5.41) is 3.52. The van der Waals surface area contributed by atoms with Crippen LogP contribution in [0.5, 0.6) is 0 Å². The Balaban J connectivity index is 1.81. The summed E-state index contributed by atoms with van der Waals surface area (Å²) in [7, 11) is 0. The van der Waals surface area contributed by atoms with E-state index in [0.717, 1.165) is 23.8 Å². The minimum atomic E-state index is -4.60. The van der Waals surface area contributed by atoms with Crippen molar-refractivity contribution in [1.82, 2.24) is 19.9 Å². The molecule has 0 aliphatic rings. The van der Waals surface area contributed by atoms with E-state index < -0.39 is 23.5 Å². The number of benzene rings is 2. The van der Waals surface area contributed by atoms with Gasteiger partial charge in [0.15, 0.2) is 0 Å². The summed E-state index contributed by atoms with van der Waals surface area (Å²) in [4.78, 5) is 15.2. The fourth-order valence-electron chi connectivity index (χ4n) is 4.10. The number of hydrogen-bond donors (Lipinski definition) is 1. The summed E-state index contributed by atoms with van der Waals surface area (Å²) in [6.45, 7) is 9.35. The highest BCUT2D eigenvalue weighted by Crippen LogP contribution is 2.37. The lowest BCUT2D eigenvalue weighted by atomic mass is 10.0. The van der Waals surface area contributed by atoms with Gasteiger partial charge in [0.2, 0.25) is 0 Å². The lowest BCUT2D eigenvalue weighted by Gasteiger charge is -2.20. The average Bonchev–Trinajstić information content (AvgIpc) is 2.87. The SMILES string of the molecule is C=C(C)CN(CC)Cc1nc(Nc2ccc(C(F)(F)F)cc2)c2ccc(-c3ncccc3C(F)(F)F)cc2n1. The molecule has 0 saturated carbocycles. The van der Waals surface area contributed by atoms with Crippen LogP contribution < -0.4 is 5.32 Å². The molecule has 0 saturated heterocycles. The molecule has 2 heterocycles. The predicted molar refractivity (Wildman–Crippen MR) is 138 cm³/mol. The van der Waals surface area contributed by atoms with Crippen LogP contribution in [0.3, 0.4) is 0 Å². The molecule has 5 nitrogen and oxygen atoms in total. The van der Waals surface area contributed by atoms with E-state index in [1.165, 1.54) is 36.5 Å². The number of anilines is 2. The first-order valence-corrected chi connectivity index (χ1v) is 12.0. The Labute approximate surface area is 221 Å². The van der Waals surface area contributed by atoms with Gasteiger partial charge in [0.25, 0.3) is 0 Å². The van der Waals surface area contributed by atoms with Crippen molar-refractivity contribution in [2.24, 2.45) is 0 Å². The standard InChI is InChI=1S/C28H25F6N5/c1-4-39(15-17(2)3)16-24-37-23-14-18(25-22(28(32,33)34)6-5-13-35-25)7-12-21(23)26(38-24)36-20-10-8-19(9-11-20)27(29,30)31/h5-14H,2,4,15-16H2,1,3H3,(H,36,37,38). The monoisotopic (exact) mass is 545 g/mol. The number of nitrogens with one attached hydrogen (secondary N) is 1. The molecule has 4 aromatic rings. The van der Waals surface area contributed by atoms with Gasteiger partial charge in [0, 0.05) is 29.4 Å². The second kappa shape index (κ2) is 11.0. The molecule has 0 atom stereocenters. The molecule has 1 N–H and O–H groups in total. The molecular weight excluding hydrogens is 520 g/mol. The van der Waals surface area contributed by atoms with Crippen molar-refractivity contribution in [2.45, 2.75) is 32.7 Å². The summed E-state index contributed by atoms with van der Waals surface area (Å²) in [6.07, 6.45) is -7.79. The number of pyridine rings is 1. The Morgan fingerprint density at radius 3 is 2.28 bits per heavy atom. The topological polar surface area (TPSA) is 53.9 Å². The number of rotatable bonds is 8. The molecule has 2 aromatic heterocycles. The Bertz CT molecular complexity index is 1480. The third kappa shape index (κ3) is 6.72. The predicted octanol–water partition coefficient (Wildman–Crippen LogP) is 7.87. The zero-order chi connectivity index (χ0) is 28.4. The Hall–Kier alpha value is -3.99. The third-order valence-electron chi connectivity index (χ3n) is 5.91. The van der Waals surface area contributed by atoms with Gasteiger partial charge in [0.05, 0.1) is 28.9 Å². The highest BCUT2D eigenvalue weighted by atomic mass is 19.4. The van der Waals surface area contributed by atoms with Gasteiger partial charge in [-0.2, -0.15) is 26.3 Å². The number of nitrogens with zero attached hydrogens (tertiary/aromatic N) is 4. The van der Waals surface area contributed by atoms with Gasteiger partial charge >= 0.3 is 12.4 Å². The molecule has 2 aromatic carbocycles. The lowest BCUT2D eigenvalue weighted by Crippen LogP contribution is -2.25. The smallest absolute Gasteiger partial charge is 0.340 e. The Morgan fingerprint density at radius 1 is 0.949 bits per heavy atom. The van der Waals surface area contributed by atoms with E-state index in [-0.39, 0.29) is 11.3 Å². The first-order chi connectivity index (χ1) is 18.3. The fourth-order valence-corrected chi connectivity index (χ4v) is 4.10. The summed E-state index contributed by atoms with van der Waals surface area (Å²) in [6, 6.07) is 11.2. The molecule has 0 amide bonds. The van der Waals surface area contributed by atoms with Crippen LogP contribution >= 0.6 is 0 Å². The first kappa shape index (κ1) is 28.0. The van der Waals surface area contributed by atoms with Crippen molar-refractivity contribution in [2.75, 3.05) is 18.4 Å². The van der Waals surface area contributed by atoms with E-state index in [1.54, 1.807) is 6.07 Å². The van der Waals surface area contributed by atoms with E-state index in [4.69, 9.17) is 0 Å². The molecule has 4 rings (SSSR count). The molecule has 0 radical (unpaired) electrons. The molecule has 39 heavy (non-hydrogen) atoms. The lowest BCUT2D eigenvalue weighted by molar-refractivity contribution is -0.138. The van der Waals surface area contributed by atoms with E-state index in [1.807, 2.05) is 18.7 Å². The van der Waals surface area contributed by atoms with Crippen molar-refractivity contribution >= 4 is 22.4 Å². The van der Waals surface area contributed by atoms with Crippen LogP contribution in [0.1, 0.15) is 30.8 Å². The minimum Gasteiger partial charge on any atom is -0.340 e. The zero-order valence-electron chi connectivity index (χ0n) is 21.2. The van der Waals surface area contributed by atoms with Gasteiger partial charge in [-0.15, -0.1) is 0 Å². The molecule has 204 valence electrons. The molecule has 0 aliphatic carbocycles. The van der Waals surface area contributed by atoms with E-state index in [0.29, 0.717) is 47.9 Å². The molecular formula is C28H25F6N5. The van der Waals surface area contributed by atoms with Gasteiger partial charge in [-0.25, -0.2) is 9.97 Å². The molecule has 11 heteroatoms. The highest BCUT2D eigenvalue weighted by Gasteiger charge is 2.34. The highest BCUT2D eigenvalue weighted by molar-refractivity contribution is 5.93. The average molecular weight is 546 g/mol. The summed E-state index contributed by atoms with van der Waals surface area (Å²) < 4.78 is 80.0. The van der Waals surface area contributed by atoms with Crippen LogP contribution in [0.15, 0.2) is 72.9 Å². The number of alkyl halides is 6. The van der Waals surface area contributed by atoms with Crippen LogP contribution in [0.4, 0.5) is 37.8 Å². The van der Waals surface area contributed by atoms with Crippen LogP contribution in [0.25, 0.3) is 22.2 Å². The number of aromatic nitrogens is 3. The third-order valence-corrected chi connectivity index (χ3v) is 5.91. The van der Waals surface area contributed by atoms with Crippen molar-refractivity contribution in [3.8, 4) is 11.3 Å². The minimum absolute atomic E-state index is 0.217. The zero-order valence-corrected chi connectivity index (χ0v) is 21.2. The van der Waals surface area contributed by atoms with E-state index in [9.17, 15) is 26.3 Å². The summed E-state index contributed by atoms with van der Waals surface area (Å²) in [5.41, 5.74) is -0.0385. The normalized spacial score (nSPS) is 12.2. The van der Waals surface area contributed by atoms with Crippen LogP contribution in [0, 0.1) is 0 Å². The molecule has 0 unspecified atom stereocenters. The number of fused-ring (bicyclic) bond motifs is 1. The number of hydrogen-bond acceptors (Lipinski definition) is 5. The van der Waals surface area contributed by atoms with Crippen LogP contribution in [-0.2, 0) is 18.9 Å². The second-order valence-electron chi connectivity index (χ2n) is 9.08. The van der Waals surface area contributed by atoms with Gasteiger partial charge in [-0.3, -0.25) is 9.88 Å². The maximum absolute atomic E-state index is 13.6. The molecule has 0 spiro atoms. The summed E-state index contributed by atoms with van der Waals surface area (Å²) in [5.74, 6) is 0.693. The van der Waals surface area contributed by atoms with Crippen LogP contribution in [-0.4, -0.2) is 32.9 Å². The van der Waals surface area contributed by atoms with E-state index >= 15 is 0 Å². The van der Waals surface area contributed by atoms with Gasteiger partial charge < -0.3 is 5.32 Å². The van der Waals surface area contributed by atoms with Crippen molar-refractivity contribution < 1.29 is 26.3 Å².